The second kappa shape index (κ2) is 9.32. The smallest absolute Gasteiger partial charge is 0.348 e. The zero-order chi connectivity index (χ0) is 24.6. The van der Waals surface area contributed by atoms with Crippen LogP contribution >= 0.6 is 22.6 Å². The van der Waals surface area contributed by atoms with Crippen molar-refractivity contribution in [3.05, 3.63) is 85.7 Å². The summed E-state index contributed by atoms with van der Waals surface area (Å²) >= 11 is 2.01. The summed E-state index contributed by atoms with van der Waals surface area (Å²) in [5.41, 5.74) is -0.374. The molecule has 0 spiro atoms. The number of nitrogens with one attached hydrogen (secondary N) is 1. The topological polar surface area (TPSA) is 42.0 Å². The van der Waals surface area contributed by atoms with Crippen molar-refractivity contribution >= 4 is 28.5 Å². The Labute approximate surface area is 199 Å². The van der Waals surface area contributed by atoms with Gasteiger partial charge in [0.1, 0.15) is 3.70 Å². The lowest BCUT2D eigenvalue weighted by Gasteiger charge is -2.16. The maximum absolute atomic E-state index is 13.1. The van der Waals surface area contributed by atoms with E-state index in [4.69, 9.17) is 0 Å². The first kappa shape index (κ1) is 25.0. The van der Waals surface area contributed by atoms with Crippen LogP contribution in [0.3, 0.4) is 0 Å². The van der Waals surface area contributed by atoms with Gasteiger partial charge in [0.2, 0.25) is 0 Å². The van der Waals surface area contributed by atoms with Gasteiger partial charge in [-0.2, -0.15) is 26.3 Å². The molecule has 1 N–H and O–H groups in total. The van der Waals surface area contributed by atoms with Gasteiger partial charge in [-0.25, -0.2) is 4.98 Å². The van der Waals surface area contributed by atoms with Crippen molar-refractivity contribution in [2.24, 2.45) is 0 Å². The van der Waals surface area contributed by atoms with Crippen molar-refractivity contribution in [1.82, 2.24) is 10.3 Å². The van der Waals surface area contributed by atoms with Crippen molar-refractivity contribution < 1.29 is 31.1 Å². The van der Waals surface area contributed by atoms with Crippen molar-refractivity contribution in [2.75, 3.05) is 0 Å². The third kappa shape index (κ3) is 5.84. The highest BCUT2D eigenvalue weighted by atomic mass is 127. The van der Waals surface area contributed by atoms with Gasteiger partial charge in [-0.3, -0.25) is 4.79 Å². The number of carbonyl (C=O) groups excluding carboxylic acids is 1. The molecule has 10 heteroatoms. The molecule has 0 aliphatic carbocycles. The molecule has 0 aliphatic heterocycles. The number of pyridine rings is 1. The summed E-state index contributed by atoms with van der Waals surface area (Å²) in [5, 5.41) is 2.45. The number of amides is 1. The van der Waals surface area contributed by atoms with E-state index in [1.54, 1.807) is 19.1 Å². The van der Waals surface area contributed by atoms with Crippen LogP contribution in [0.1, 0.15) is 38.3 Å². The molecule has 1 heterocycles. The predicted molar refractivity (Wildman–Crippen MR) is 119 cm³/mol. The van der Waals surface area contributed by atoms with Crippen LogP contribution in [-0.2, 0) is 18.9 Å². The number of aromatic nitrogens is 1. The van der Waals surface area contributed by atoms with Gasteiger partial charge < -0.3 is 5.32 Å². The maximum atomic E-state index is 13.1. The zero-order valence-electron chi connectivity index (χ0n) is 17.3. The first-order chi connectivity index (χ1) is 15.3. The molecule has 0 fully saturated rings. The average Bonchev–Trinajstić information content (AvgIpc) is 2.70. The molecule has 33 heavy (non-hydrogen) atoms. The van der Waals surface area contributed by atoms with E-state index in [-0.39, 0.29) is 17.2 Å². The lowest BCUT2D eigenvalue weighted by atomic mass is 9.95. The van der Waals surface area contributed by atoms with Gasteiger partial charge >= 0.3 is 12.4 Å². The normalized spacial score (nSPS) is 12.0. The Hall–Kier alpha value is -2.63. The first-order valence-electron chi connectivity index (χ1n) is 9.57. The van der Waals surface area contributed by atoms with Crippen LogP contribution in [0.2, 0.25) is 0 Å². The van der Waals surface area contributed by atoms with E-state index in [0.717, 1.165) is 11.1 Å². The molecular formula is C23H17F6IN2O. The summed E-state index contributed by atoms with van der Waals surface area (Å²) in [6, 6.07) is 10.3. The van der Waals surface area contributed by atoms with E-state index in [1.165, 1.54) is 0 Å². The minimum absolute atomic E-state index is 0.0504. The summed E-state index contributed by atoms with van der Waals surface area (Å²) in [5.74, 6) is -0.652. The monoisotopic (exact) mass is 578 g/mol. The van der Waals surface area contributed by atoms with Crippen LogP contribution in [0.5, 0.6) is 0 Å². The lowest BCUT2D eigenvalue weighted by Crippen LogP contribution is -2.25. The second-order valence-corrected chi connectivity index (χ2v) is 8.47. The fourth-order valence-electron chi connectivity index (χ4n) is 3.40. The number of alkyl halides is 6. The van der Waals surface area contributed by atoms with Gasteiger partial charge in [0.05, 0.1) is 22.4 Å². The van der Waals surface area contributed by atoms with E-state index >= 15 is 0 Å². The largest absolute Gasteiger partial charge is 0.416 e. The number of benzene rings is 2. The van der Waals surface area contributed by atoms with Crippen molar-refractivity contribution in [2.45, 2.75) is 32.7 Å². The number of nitrogens with zero attached hydrogens (tertiary/aromatic N) is 1. The highest BCUT2D eigenvalue weighted by Gasteiger charge is 2.37. The highest BCUT2D eigenvalue weighted by Crippen LogP contribution is 2.36. The molecule has 0 unspecified atom stereocenters. The molecule has 3 aromatic rings. The molecule has 0 atom stereocenters. The predicted octanol–water partition coefficient (Wildman–Crippen LogP) is 6.94. The Morgan fingerprint density at radius 1 is 0.909 bits per heavy atom. The minimum Gasteiger partial charge on any atom is -0.348 e. The molecule has 0 radical (unpaired) electrons. The summed E-state index contributed by atoms with van der Waals surface area (Å²) in [6.45, 7) is 2.95. The Morgan fingerprint density at radius 3 is 2.03 bits per heavy atom. The Morgan fingerprint density at radius 2 is 1.48 bits per heavy atom. The van der Waals surface area contributed by atoms with Crippen molar-refractivity contribution in [1.29, 1.82) is 0 Å². The van der Waals surface area contributed by atoms with Crippen LogP contribution in [-0.4, -0.2) is 10.9 Å². The van der Waals surface area contributed by atoms with Crippen molar-refractivity contribution in [3.8, 4) is 11.1 Å². The number of halogens is 7. The number of carbonyl (C=O) groups is 1. The van der Waals surface area contributed by atoms with Gasteiger partial charge in [0, 0.05) is 6.54 Å². The number of hydrogen-bond donors (Lipinski definition) is 1. The van der Waals surface area contributed by atoms with Gasteiger partial charge in [-0.1, -0.05) is 24.3 Å². The molecular weight excluding hydrogens is 561 g/mol. The molecule has 1 aromatic heterocycles. The first-order valence-corrected chi connectivity index (χ1v) is 10.6. The Kier molecular flexibility index (Phi) is 7.06. The molecule has 0 saturated heterocycles. The third-order valence-electron chi connectivity index (χ3n) is 4.93. The van der Waals surface area contributed by atoms with Crippen LogP contribution in [0.4, 0.5) is 26.3 Å². The summed E-state index contributed by atoms with van der Waals surface area (Å²) < 4.78 is 79.3. The Balaban J connectivity index is 1.98. The van der Waals surface area contributed by atoms with E-state index < -0.39 is 35.9 Å². The highest BCUT2D eigenvalue weighted by molar-refractivity contribution is 14.1. The summed E-state index contributed by atoms with van der Waals surface area (Å²) in [7, 11) is 0. The fraction of sp³-hybridized carbons (Fsp3) is 0.217. The Bertz CT molecular complexity index is 1170. The molecule has 1 amide bonds. The number of aryl methyl sites for hydroxylation is 2. The molecule has 174 valence electrons. The van der Waals surface area contributed by atoms with Gasteiger partial charge in [-0.05, 0) is 83.0 Å². The van der Waals surface area contributed by atoms with E-state index in [0.29, 0.717) is 27.1 Å². The number of rotatable bonds is 4. The van der Waals surface area contributed by atoms with Crippen LogP contribution in [0, 0.1) is 17.5 Å². The van der Waals surface area contributed by atoms with Gasteiger partial charge in [-0.15, -0.1) is 0 Å². The van der Waals surface area contributed by atoms with Gasteiger partial charge in [0.15, 0.2) is 0 Å². The zero-order valence-corrected chi connectivity index (χ0v) is 19.5. The van der Waals surface area contributed by atoms with Crippen LogP contribution in [0.25, 0.3) is 11.1 Å². The third-order valence-corrected chi connectivity index (χ3v) is 5.48. The standard InChI is InChI=1S/C23H17F6IN2O/c1-12-5-3-4-6-17(12)18-10-19(30)32-13(2)20(18)21(33)31-11-14-7-15(22(24,25)26)9-16(8-14)23(27,28)29/h3-10H,11H2,1-2H3,(H,31,33). The summed E-state index contributed by atoms with van der Waals surface area (Å²) in [6.07, 6.45) is -9.93. The van der Waals surface area contributed by atoms with Crippen molar-refractivity contribution in [3.63, 3.8) is 0 Å². The minimum atomic E-state index is -4.96. The van der Waals surface area contributed by atoms with Crippen LogP contribution < -0.4 is 5.32 Å². The maximum Gasteiger partial charge on any atom is 0.416 e. The molecule has 0 bridgehead atoms. The molecule has 3 rings (SSSR count). The summed E-state index contributed by atoms with van der Waals surface area (Å²) in [4.78, 5) is 17.3. The van der Waals surface area contributed by atoms with Crippen LogP contribution in [0.15, 0.2) is 48.5 Å². The quantitative estimate of drug-likeness (QED) is 0.207. The van der Waals surface area contributed by atoms with Gasteiger partial charge in [0.25, 0.3) is 5.91 Å². The van der Waals surface area contributed by atoms with E-state index in [2.05, 4.69) is 10.3 Å². The molecule has 0 aliphatic rings. The van der Waals surface area contributed by atoms with E-state index in [9.17, 15) is 31.1 Å². The van der Waals surface area contributed by atoms with E-state index in [1.807, 2.05) is 47.7 Å². The number of hydrogen-bond acceptors (Lipinski definition) is 2. The molecule has 3 nitrogen and oxygen atoms in total. The fourth-order valence-corrected chi connectivity index (χ4v) is 4.07. The lowest BCUT2D eigenvalue weighted by molar-refractivity contribution is -0.143. The molecule has 0 saturated carbocycles. The second-order valence-electron chi connectivity index (χ2n) is 7.36. The average molecular weight is 578 g/mol. The molecule has 2 aromatic carbocycles. The SMILES string of the molecule is Cc1ccccc1-c1cc(I)nc(C)c1C(=O)NCc1cc(C(F)(F)F)cc(C(F)(F)F)c1.